The molecule has 0 aromatic heterocycles. The Morgan fingerprint density at radius 3 is 2.44 bits per heavy atom. The fraction of sp³-hybridized carbons (Fsp3) is 0.870. The number of fused-ring (bicyclic) bond motifs is 5. The van der Waals surface area contributed by atoms with E-state index in [1.807, 2.05) is 0 Å². The van der Waals surface area contributed by atoms with Crippen LogP contribution in [0, 0.1) is 40.4 Å². The van der Waals surface area contributed by atoms with E-state index in [9.17, 15) is 14.4 Å². The van der Waals surface area contributed by atoms with Gasteiger partial charge in [0.05, 0.1) is 0 Å². The summed E-state index contributed by atoms with van der Waals surface area (Å²) in [7, 11) is 0. The molecule has 4 aliphatic carbocycles. The zero-order chi connectivity index (χ0) is 19.6. The first-order valence-electron chi connectivity index (χ1n) is 10.9. The van der Waals surface area contributed by atoms with E-state index >= 15 is 0 Å². The predicted octanol–water partition coefficient (Wildman–Crippen LogP) is 4.35. The van der Waals surface area contributed by atoms with Gasteiger partial charge in [-0.3, -0.25) is 14.4 Å². The second kappa shape index (κ2) is 6.42. The number of hydrogen-bond donors (Lipinski definition) is 0. The zero-order valence-electron chi connectivity index (χ0n) is 17.3. The van der Waals surface area contributed by atoms with Crippen molar-refractivity contribution in [1.82, 2.24) is 0 Å². The molecule has 0 amide bonds. The van der Waals surface area contributed by atoms with Crippen LogP contribution in [0.1, 0.15) is 79.1 Å². The molecule has 0 saturated heterocycles. The molecule has 0 heterocycles. The van der Waals surface area contributed by atoms with E-state index in [0.717, 1.165) is 38.5 Å². The SMILES string of the molecule is CC(=O)O[C@@H]1C[C@@]2(C)[C@H](CC[C@H]2C(C)=O)[C@H]2CC[C@@H]3CC(=O)CC[C@]3(C)[C@H]21. The number of ketones is 2. The van der Waals surface area contributed by atoms with Crippen molar-refractivity contribution >= 4 is 17.5 Å². The van der Waals surface area contributed by atoms with Gasteiger partial charge in [0.15, 0.2) is 0 Å². The van der Waals surface area contributed by atoms with Gasteiger partial charge in [-0.25, -0.2) is 0 Å². The Hall–Kier alpha value is -1.19. The summed E-state index contributed by atoms with van der Waals surface area (Å²) in [6.45, 7) is 7.88. The highest BCUT2D eigenvalue weighted by Crippen LogP contribution is 2.67. The molecule has 4 fully saturated rings. The normalized spacial score (nSPS) is 49.0. The van der Waals surface area contributed by atoms with Crippen molar-refractivity contribution in [3.8, 4) is 0 Å². The molecule has 0 unspecified atom stereocenters. The van der Waals surface area contributed by atoms with Gasteiger partial charge >= 0.3 is 5.97 Å². The van der Waals surface area contributed by atoms with Crippen LogP contribution >= 0.6 is 0 Å². The van der Waals surface area contributed by atoms with Gasteiger partial charge < -0.3 is 4.74 Å². The Bertz CT molecular complexity index is 669. The largest absolute Gasteiger partial charge is 0.462 e. The van der Waals surface area contributed by atoms with Crippen LogP contribution in [-0.2, 0) is 19.1 Å². The van der Waals surface area contributed by atoms with Gasteiger partial charge in [0.2, 0.25) is 0 Å². The Balaban J connectivity index is 1.73. The monoisotopic (exact) mass is 374 g/mol. The molecule has 0 spiro atoms. The molecule has 0 bridgehead atoms. The van der Waals surface area contributed by atoms with Crippen molar-refractivity contribution in [2.45, 2.75) is 85.2 Å². The minimum absolute atomic E-state index is 0.0548. The van der Waals surface area contributed by atoms with Crippen molar-refractivity contribution in [2.75, 3.05) is 0 Å². The second-order valence-corrected chi connectivity index (χ2v) is 10.4. The smallest absolute Gasteiger partial charge is 0.302 e. The average molecular weight is 375 g/mol. The lowest BCUT2D eigenvalue weighted by molar-refractivity contribution is -0.193. The predicted molar refractivity (Wildman–Crippen MR) is 102 cm³/mol. The van der Waals surface area contributed by atoms with Gasteiger partial charge in [0.1, 0.15) is 17.7 Å². The zero-order valence-corrected chi connectivity index (χ0v) is 17.3. The second-order valence-electron chi connectivity index (χ2n) is 10.4. The molecule has 4 heteroatoms. The van der Waals surface area contributed by atoms with Crippen molar-refractivity contribution in [1.29, 1.82) is 0 Å². The van der Waals surface area contributed by atoms with Gasteiger partial charge in [-0.15, -0.1) is 0 Å². The first-order valence-corrected chi connectivity index (χ1v) is 10.9. The third kappa shape index (κ3) is 2.81. The van der Waals surface area contributed by atoms with Crippen molar-refractivity contribution in [2.24, 2.45) is 40.4 Å². The lowest BCUT2D eigenvalue weighted by atomic mass is 9.44. The Morgan fingerprint density at radius 1 is 1.04 bits per heavy atom. The Labute approximate surface area is 162 Å². The minimum atomic E-state index is -0.212. The molecule has 0 aromatic rings. The molecule has 0 aromatic carbocycles. The number of carbonyl (C=O) groups is 3. The number of carbonyl (C=O) groups excluding carboxylic acids is 3. The molecule has 150 valence electrons. The van der Waals surface area contributed by atoms with Gasteiger partial charge in [-0.05, 0) is 74.0 Å². The van der Waals surface area contributed by atoms with E-state index in [2.05, 4.69) is 13.8 Å². The molecule has 4 rings (SSSR count). The topological polar surface area (TPSA) is 60.4 Å². The minimum Gasteiger partial charge on any atom is -0.462 e. The number of ether oxygens (including phenoxy) is 1. The number of hydrogen-bond acceptors (Lipinski definition) is 4. The summed E-state index contributed by atoms with van der Waals surface area (Å²) in [6.07, 6.45) is 7.29. The van der Waals surface area contributed by atoms with Crippen LogP contribution in [-0.4, -0.2) is 23.6 Å². The average Bonchev–Trinajstić information content (AvgIpc) is 2.91. The summed E-state index contributed by atoms with van der Waals surface area (Å²) in [6, 6.07) is 0. The van der Waals surface area contributed by atoms with E-state index in [-0.39, 0.29) is 28.8 Å². The van der Waals surface area contributed by atoms with Crippen LogP contribution in [0.4, 0.5) is 0 Å². The third-order valence-electron chi connectivity index (χ3n) is 9.20. The lowest BCUT2D eigenvalue weighted by Gasteiger charge is -2.62. The van der Waals surface area contributed by atoms with Crippen LogP contribution in [0.2, 0.25) is 0 Å². The summed E-state index contributed by atoms with van der Waals surface area (Å²) < 4.78 is 5.97. The third-order valence-corrected chi connectivity index (χ3v) is 9.20. The molecule has 0 N–H and O–H groups in total. The van der Waals surface area contributed by atoms with E-state index in [1.54, 1.807) is 6.92 Å². The number of esters is 1. The lowest BCUT2D eigenvalue weighted by Crippen LogP contribution is -2.60. The van der Waals surface area contributed by atoms with E-state index in [0.29, 0.717) is 48.1 Å². The number of rotatable bonds is 2. The summed E-state index contributed by atoms with van der Waals surface area (Å²) in [5, 5.41) is 0. The maximum Gasteiger partial charge on any atom is 0.302 e. The summed E-state index contributed by atoms with van der Waals surface area (Å²) in [5.41, 5.74) is 0.0212. The highest BCUT2D eigenvalue weighted by atomic mass is 16.5. The maximum atomic E-state index is 12.4. The fourth-order valence-corrected chi connectivity index (χ4v) is 8.12. The summed E-state index contributed by atoms with van der Waals surface area (Å²) in [5.74, 6) is 2.38. The molecule has 4 saturated carbocycles. The van der Waals surface area contributed by atoms with Crippen LogP contribution in [0.5, 0.6) is 0 Å². The maximum absolute atomic E-state index is 12.4. The van der Waals surface area contributed by atoms with E-state index in [1.165, 1.54) is 6.92 Å². The van der Waals surface area contributed by atoms with Crippen LogP contribution in [0.3, 0.4) is 0 Å². The summed E-state index contributed by atoms with van der Waals surface area (Å²) in [4.78, 5) is 36.5. The molecule has 27 heavy (non-hydrogen) atoms. The van der Waals surface area contributed by atoms with Gasteiger partial charge in [-0.1, -0.05) is 13.8 Å². The molecule has 8 atom stereocenters. The first kappa shape index (κ1) is 19.1. The van der Waals surface area contributed by atoms with Crippen LogP contribution in [0.15, 0.2) is 0 Å². The number of Topliss-reactive ketones (excluding diaryl/α,β-unsaturated/α-hetero) is 2. The molecule has 0 aliphatic heterocycles. The highest BCUT2D eigenvalue weighted by molar-refractivity contribution is 5.80. The van der Waals surface area contributed by atoms with Crippen molar-refractivity contribution in [3.05, 3.63) is 0 Å². The van der Waals surface area contributed by atoms with E-state index in [4.69, 9.17) is 4.74 Å². The van der Waals surface area contributed by atoms with Crippen LogP contribution < -0.4 is 0 Å². The fourth-order valence-electron chi connectivity index (χ4n) is 8.12. The molecular formula is C23H34O4. The molecular weight excluding hydrogens is 340 g/mol. The van der Waals surface area contributed by atoms with Crippen molar-refractivity contribution < 1.29 is 19.1 Å². The van der Waals surface area contributed by atoms with Gasteiger partial charge in [0, 0.05) is 31.6 Å². The van der Waals surface area contributed by atoms with E-state index < -0.39 is 0 Å². The Morgan fingerprint density at radius 2 is 1.78 bits per heavy atom. The first-order chi connectivity index (χ1) is 12.7. The molecule has 4 nitrogen and oxygen atoms in total. The van der Waals surface area contributed by atoms with Crippen LogP contribution in [0.25, 0.3) is 0 Å². The quantitative estimate of drug-likeness (QED) is 0.675. The van der Waals surface area contributed by atoms with Crippen molar-refractivity contribution in [3.63, 3.8) is 0 Å². The molecule has 0 radical (unpaired) electrons. The Kier molecular flexibility index (Phi) is 4.55. The molecule has 4 aliphatic rings. The van der Waals surface area contributed by atoms with Gasteiger partial charge in [0.25, 0.3) is 0 Å². The van der Waals surface area contributed by atoms with Gasteiger partial charge in [-0.2, -0.15) is 0 Å². The highest BCUT2D eigenvalue weighted by Gasteiger charge is 2.64. The summed E-state index contributed by atoms with van der Waals surface area (Å²) >= 11 is 0. The standard InChI is InChI=1S/C23H34O4/c1-13(24)18-7-8-19-17-6-5-15-11-16(26)9-10-22(15,3)21(17)20(27-14(2)25)12-23(18,19)4/h15,17-21H,5-12H2,1-4H3/t15-,17-,18+,19-,20-,21-,22+,23-/m1/s1.